The summed E-state index contributed by atoms with van der Waals surface area (Å²) in [6, 6.07) is 8.21. The molecule has 7 nitrogen and oxygen atoms in total. The molecule has 0 fully saturated rings. The van der Waals surface area contributed by atoms with Crippen molar-refractivity contribution in [3.05, 3.63) is 54.1 Å². The molecule has 0 radical (unpaired) electrons. The van der Waals surface area contributed by atoms with E-state index in [1.165, 1.54) is 12.1 Å². The van der Waals surface area contributed by atoms with E-state index in [-0.39, 0.29) is 11.8 Å². The van der Waals surface area contributed by atoms with Crippen LogP contribution < -0.4 is 10.1 Å². The van der Waals surface area contributed by atoms with Crippen molar-refractivity contribution in [1.82, 2.24) is 20.2 Å². The first-order chi connectivity index (χ1) is 15.7. The molecular weight excluding hydrogens is 423 g/mol. The van der Waals surface area contributed by atoms with Gasteiger partial charge in [-0.05, 0) is 68.2 Å². The number of ether oxygens (including phenoxy) is 1. The number of nitrogens with one attached hydrogen (secondary N) is 2. The van der Waals surface area contributed by atoms with Gasteiger partial charge >= 0.3 is 6.03 Å². The van der Waals surface area contributed by atoms with Crippen molar-refractivity contribution < 1.29 is 19.0 Å². The number of halogens is 1. The minimum Gasteiger partial charge on any atom is -0.496 e. The van der Waals surface area contributed by atoms with Gasteiger partial charge in [0.05, 0.1) is 12.7 Å². The van der Waals surface area contributed by atoms with Crippen LogP contribution in [0.4, 0.5) is 9.18 Å². The molecule has 3 aromatic rings. The maximum Gasteiger partial charge on any atom is 0.317 e. The molecule has 1 aliphatic heterocycles. The van der Waals surface area contributed by atoms with E-state index in [4.69, 9.17) is 4.74 Å². The molecule has 2 amide bonds. The van der Waals surface area contributed by atoms with Crippen LogP contribution in [0.3, 0.4) is 0 Å². The highest BCUT2D eigenvalue weighted by molar-refractivity contribution is 5.96. The minimum atomic E-state index is -0.805. The number of pyridine rings is 1. The molecule has 0 spiro atoms. The van der Waals surface area contributed by atoms with Gasteiger partial charge in [-0.15, -0.1) is 0 Å². The molecule has 3 heterocycles. The summed E-state index contributed by atoms with van der Waals surface area (Å²) in [5.74, 6) is 0.261. The van der Waals surface area contributed by atoms with Gasteiger partial charge in [0.15, 0.2) is 0 Å². The summed E-state index contributed by atoms with van der Waals surface area (Å²) in [4.78, 5) is 22.0. The van der Waals surface area contributed by atoms with E-state index in [9.17, 15) is 14.3 Å². The maximum atomic E-state index is 14.0. The van der Waals surface area contributed by atoms with Crippen molar-refractivity contribution in [2.75, 3.05) is 26.7 Å². The monoisotopic (exact) mass is 452 g/mol. The molecule has 3 N–H and O–H groups in total. The molecule has 174 valence electrons. The molecule has 1 aromatic carbocycles. The lowest BCUT2D eigenvalue weighted by Gasteiger charge is -2.27. The molecule has 2 aromatic heterocycles. The van der Waals surface area contributed by atoms with Crippen LogP contribution in [-0.2, 0) is 0 Å². The lowest BCUT2D eigenvalue weighted by molar-refractivity contribution is 0.0715. The van der Waals surface area contributed by atoms with E-state index in [1.807, 2.05) is 18.2 Å². The Bertz CT molecular complexity index is 1200. The third kappa shape index (κ3) is 5.17. The second-order valence-electron chi connectivity index (χ2n) is 8.87. The number of hydrogen-bond acceptors (Lipinski definition) is 4. The predicted molar refractivity (Wildman–Crippen MR) is 127 cm³/mol. The van der Waals surface area contributed by atoms with Crippen LogP contribution in [0.5, 0.6) is 5.75 Å². The fourth-order valence-corrected chi connectivity index (χ4v) is 4.01. The lowest BCUT2D eigenvalue weighted by atomic mass is 10.0. The lowest BCUT2D eigenvalue weighted by Crippen LogP contribution is -2.43. The number of nitrogens with zero attached hydrogens (tertiary/aromatic N) is 2. The highest BCUT2D eigenvalue weighted by atomic mass is 19.1. The zero-order valence-corrected chi connectivity index (χ0v) is 19.1. The first-order valence-electron chi connectivity index (χ1n) is 11.0. The second kappa shape index (κ2) is 9.23. The Morgan fingerprint density at radius 3 is 2.82 bits per heavy atom. The summed E-state index contributed by atoms with van der Waals surface area (Å²) in [5.41, 5.74) is 3.44. The van der Waals surface area contributed by atoms with Gasteiger partial charge < -0.3 is 25.0 Å². The van der Waals surface area contributed by atoms with E-state index < -0.39 is 5.60 Å². The fraction of sp³-hybridized carbons (Fsp3) is 0.360. The Labute approximate surface area is 192 Å². The van der Waals surface area contributed by atoms with Crippen LogP contribution >= 0.6 is 0 Å². The summed E-state index contributed by atoms with van der Waals surface area (Å²) in [6.45, 7) is 4.96. The Morgan fingerprint density at radius 2 is 2.12 bits per heavy atom. The van der Waals surface area contributed by atoms with Gasteiger partial charge in [-0.2, -0.15) is 0 Å². The second-order valence-corrected chi connectivity index (χ2v) is 8.87. The van der Waals surface area contributed by atoms with E-state index in [1.54, 1.807) is 38.1 Å². The van der Waals surface area contributed by atoms with Gasteiger partial charge in [-0.1, -0.05) is 6.08 Å². The SMILES string of the molecule is COc1ccc(F)cc1-c1ccnc2[nH]c(C3=CCN(C(=O)NCCC(C)(C)O)CC3)cc12. The quantitative estimate of drug-likeness (QED) is 0.519. The number of amides is 2. The standard InChI is InChI=1S/C25H29FN4O3/c1-25(2,32)9-11-28-24(31)30-12-7-16(8-13-30)21-15-20-18(6-10-27-23(20)29-21)19-14-17(26)4-5-22(19)33-3/h4-7,10,14-15,32H,8-9,11-13H2,1-3H3,(H,27,29)(H,28,31). The van der Waals surface area contributed by atoms with Crippen molar-refractivity contribution in [2.45, 2.75) is 32.3 Å². The number of aliphatic hydroxyl groups is 1. The van der Waals surface area contributed by atoms with Crippen molar-refractivity contribution in [3.63, 3.8) is 0 Å². The van der Waals surface area contributed by atoms with Gasteiger partial charge in [0.2, 0.25) is 0 Å². The number of carbonyl (C=O) groups excluding carboxylic acids is 1. The number of carbonyl (C=O) groups is 1. The zero-order valence-electron chi connectivity index (χ0n) is 19.1. The molecule has 0 unspecified atom stereocenters. The summed E-state index contributed by atoms with van der Waals surface area (Å²) in [6.07, 6.45) is 4.92. The first-order valence-corrected chi connectivity index (χ1v) is 11.0. The molecule has 0 saturated carbocycles. The number of H-pyrrole nitrogens is 1. The largest absolute Gasteiger partial charge is 0.496 e. The molecular formula is C25H29FN4O3. The van der Waals surface area contributed by atoms with Gasteiger partial charge in [0.1, 0.15) is 17.2 Å². The fourth-order valence-electron chi connectivity index (χ4n) is 4.01. The maximum absolute atomic E-state index is 14.0. The van der Waals surface area contributed by atoms with Crippen molar-refractivity contribution in [2.24, 2.45) is 0 Å². The molecule has 4 rings (SSSR count). The van der Waals surface area contributed by atoms with Crippen LogP contribution in [0.2, 0.25) is 0 Å². The Hall–Kier alpha value is -3.39. The number of urea groups is 1. The van der Waals surface area contributed by atoms with Gasteiger partial charge in [0.25, 0.3) is 0 Å². The molecule has 0 saturated heterocycles. The van der Waals surface area contributed by atoms with Crippen LogP contribution in [0.15, 0.2) is 42.6 Å². The minimum absolute atomic E-state index is 0.131. The van der Waals surface area contributed by atoms with Gasteiger partial charge in [-0.25, -0.2) is 14.2 Å². The van der Waals surface area contributed by atoms with Crippen molar-refractivity contribution in [3.8, 4) is 16.9 Å². The highest BCUT2D eigenvalue weighted by Crippen LogP contribution is 2.36. The Balaban J connectivity index is 1.53. The molecule has 0 atom stereocenters. The van der Waals surface area contributed by atoms with Crippen molar-refractivity contribution >= 4 is 22.6 Å². The number of rotatable bonds is 6. The number of methoxy groups -OCH3 is 1. The topological polar surface area (TPSA) is 90.5 Å². The van der Waals surface area contributed by atoms with E-state index in [0.29, 0.717) is 49.4 Å². The average Bonchev–Trinajstić information content (AvgIpc) is 3.23. The number of aromatic nitrogens is 2. The number of aromatic amines is 1. The average molecular weight is 453 g/mol. The summed E-state index contributed by atoms with van der Waals surface area (Å²) < 4.78 is 19.4. The third-order valence-electron chi connectivity index (χ3n) is 5.84. The normalized spacial score (nSPS) is 14.3. The summed E-state index contributed by atoms with van der Waals surface area (Å²) in [7, 11) is 1.57. The molecule has 0 aliphatic carbocycles. The highest BCUT2D eigenvalue weighted by Gasteiger charge is 2.21. The Kier molecular flexibility index (Phi) is 6.37. The summed E-state index contributed by atoms with van der Waals surface area (Å²) in [5, 5.41) is 13.5. The van der Waals surface area contributed by atoms with Crippen LogP contribution in [0.25, 0.3) is 27.7 Å². The number of benzene rings is 1. The Morgan fingerprint density at radius 1 is 1.30 bits per heavy atom. The van der Waals surface area contributed by atoms with E-state index in [0.717, 1.165) is 22.2 Å². The van der Waals surface area contributed by atoms with E-state index >= 15 is 0 Å². The first kappa shape index (κ1) is 22.8. The van der Waals surface area contributed by atoms with E-state index in [2.05, 4.69) is 15.3 Å². The molecule has 1 aliphatic rings. The number of hydrogen-bond donors (Lipinski definition) is 3. The smallest absolute Gasteiger partial charge is 0.317 e. The number of fused-ring (bicyclic) bond motifs is 1. The predicted octanol–water partition coefficient (Wildman–Crippen LogP) is 4.34. The van der Waals surface area contributed by atoms with Crippen LogP contribution in [0.1, 0.15) is 32.4 Å². The van der Waals surface area contributed by atoms with Gasteiger partial charge in [-0.3, -0.25) is 0 Å². The zero-order chi connectivity index (χ0) is 23.6. The van der Waals surface area contributed by atoms with Gasteiger partial charge in [0, 0.05) is 42.5 Å². The summed E-state index contributed by atoms with van der Waals surface area (Å²) >= 11 is 0. The third-order valence-corrected chi connectivity index (χ3v) is 5.84. The van der Waals surface area contributed by atoms with Crippen molar-refractivity contribution in [1.29, 1.82) is 0 Å². The molecule has 0 bridgehead atoms. The molecule has 8 heteroatoms. The van der Waals surface area contributed by atoms with Crippen LogP contribution in [-0.4, -0.2) is 58.4 Å². The van der Waals surface area contributed by atoms with Crippen LogP contribution in [0, 0.1) is 5.82 Å². The molecule has 33 heavy (non-hydrogen) atoms.